The van der Waals surface area contributed by atoms with E-state index in [1.807, 2.05) is 11.9 Å². The quantitative estimate of drug-likeness (QED) is 0.874. The molecule has 0 radical (unpaired) electrons. The number of amides is 2. The Morgan fingerprint density at radius 2 is 1.81 bits per heavy atom. The number of carbonyl (C=O) groups excluding carboxylic acids is 2. The van der Waals surface area contributed by atoms with Gasteiger partial charge in [0.2, 0.25) is 5.91 Å². The average molecular weight is 373 g/mol. The highest BCUT2D eigenvalue weighted by atomic mass is 16.5. The maximum Gasteiger partial charge on any atom is 0.407 e. The van der Waals surface area contributed by atoms with E-state index in [-0.39, 0.29) is 23.3 Å². The van der Waals surface area contributed by atoms with Gasteiger partial charge in [-0.15, -0.1) is 0 Å². The molecule has 5 heteroatoms. The molecular weight excluding hydrogens is 340 g/mol. The number of rotatable bonds is 4. The number of hydrogen-bond donors (Lipinski definition) is 1. The van der Waals surface area contributed by atoms with Crippen molar-refractivity contribution in [1.82, 2.24) is 10.2 Å². The summed E-state index contributed by atoms with van der Waals surface area (Å²) in [4.78, 5) is 25.8. The topological polar surface area (TPSA) is 58.6 Å². The van der Waals surface area contributed by atoms with Crippen LogP contribution in [0.3, 0.4) is 0 Å². The molecule has 0 unspecified atom stereocenters. The second-order valence-electron chi connectivity index (χ2n) is 9.15. The Bertz CT molecular complexity index is 698. The molecule has 0 heterocycles. The molecule has 148 valence electrons. The van der Waals surface area contributed by atoms with Crippen molar-refractivity contribution in [2.75, 3.05) is 14.2 Å². The summed E-state index contributed by atoms with van der Waals surface area (Å²) in [7, 11) is 3.28. The molecule has 0 atom stereocenters. The minimum absolute atomic E-state index is 0.0282. The molecule has 2 amide bonds. The standard InChI is InChI=1S/C22H32N2O3/c1-22(2,3)17-8-6-7-14(9-17)15-12-19(13-15)24(4)20(25)16-10-18(11-16)23-21(26)27-5/h6-9,15-16,18-19H,10-13H2,1-5H3,(H,23,26). The van der Waals surface area contributed by atoms with Gasteiger partial charge in [0.25, 0.3) is 0 Å². The summed E-state index contributed by atoms with van der Waals surface area (Å²) < 4.78 is 4.60. The van der Waals surface area contributed by atoms with Gasteiger partial charge in [0.05, 0.1) is 7.11 Å². The van der Waals surface area contributed by atoms with Gasteiger partial charge in [-0.2, -0.15) is 0 Å². The number of benzene rings is 1. The zero-order valence-electron chi connectivity index (χ0n) is 17.1. The molecule has 2 saturated carbocycles. The van der Waals surface area contributed by atoms with Crippen molar-refractivity contribution in [3.63, 3.8) is 0 Å². The number of methoxy groups -OCH3 is 1. The first kappa shape index (κ1) is 19.7. The molecule has 2 fully saturated rings. The van der Waals surface area contributed by atoms with Gasteiger partial charge in [-0.05, 0) is 48.1 Å². The third-order valence-electron chi connectivity index (χ3n) is 6.23. The van der Waals surface area contributed by atoms with Crippen LogP contribution in [-0.4, -0.2) is 43.1 Å². The summed E-state index contributed by atoms with van der Waals surface area (Å²) >= 11 is 0. The van der Waals surface area contributed by atoms with Crippen LogP contribution in [0.25, 0.3) is 0 Å². The lowest BCUT2D eigenvalue weighted by atomic mass is 9.72. The van der Waals surface area contributed by atoms with Crippen LogP contribution in [0.5, 0.6) is 0 Å². The summed E-state index contributed by atoms with van der Waals surface area (Å²) in [5, 5.41) is 2.76. The van der Waals surface area contributed by atoms with Crippen LogP contribution in [-0.2, 0) is 14.9 Å². The number of hydrogen-bond acceptors (Lipinski definition) is 3. The molecule has 0 saturated heterocycles. The van der Waals surface area contributed by atoms with Crippen LogP contribution in [0.1, 0.15) is 63.5 Å². The van der Waals surface area contributed by atoms with Crippen LogP contribution in [0.15, 0.2) is 24.3 Å². The molecule has 1 aromatic carbocycles. The maximum atomic E-state index is 12.7. The van der Waals surface area contributed by atoms with Gasteiger partial charge >= 0.3 is 6.09 Å². The molecule has 0 aromatic heterocycles. The first-order chi connectivity index (χ1) is 12.7. The van der Waals surface area contributed by atoms with Crippen molar-refractivity contribution in [2.45, 2.75) is 69.9 Å². The molecule has 2 aliphatic carbocycles. The Hall–Kier alpha value is -2.04. The Morgan fingerprint density at radius 1 is 1.15 bits per heavy atom. The van der Waals surface area contributed by atoms with E-state index in [0.717, 1.165) is 12.8 Å². The molecule has 1 N–H and O–H groups in total. The highest BCUT2D eigenvalue weighted by Gasteiger charge is 2.41. The van der Waals surface area contributed by atoms with Gasteiger partial charge in [0.1, 0.15) is 0 Å². The first-order valence-electron chi connectivity index (χ1n) is 9.90. The third kappa shape index (κ3) is 4.28. The van der Waals surface area contributed by atoms with Crippen molar-refractivity contribution in [1.29, 1.82) is 0 Å². The SMILES string of the molecule is COC(=O)NC1CC(C(=O)N(C)C2CC(c3cccc(C(C)(C)C)c3)C2)C1. The van der Waals surface area contributed by atoms with Crippen molar-refractivity contribution in [2.24, 2.45) is 5.92 Å². The van der Waals surface area contributed by atoms with E-state index < -0.39 is 6.09 Å². The second kappa shape index (κ2) is 7.53. The molecular formula is C22H32N2O3. The van der Waals surface area contributed by atoms with E-state index in [4.69, 9.17) is 0 Å². The van der Waals surface area contributed by atoms with Gasteiger partial charge in [0, 0.05) is 25.0 Å². The lowest BCUT2D eigenvalue weighted by Crippen LogP contribution is -2.53. The number of alkyl carbamates (subject to hydrolysis) is 1. The van der Waals surface area contributed by atoms with Gasteiger partial charge in [-0.3, -0.25) is 4.79 Å². The lowest BCUT2D eigenvalue weighted by molar-refractivity contribution is -0.141. The highest BCUT2D eigenvalue weighted by Crippen LogP contribution is 2.41. The molecule has 0 spiro atoms. The molecule has 3 rings (SSSR count). The van der Waals surface area contributed by atoms with E-state index in [0.29, 0.717) is 24.8 Å². The summed E-state index contributed by atoms with van der Waals surface area (Å²) in [5.41, 5.74) is 2.92. The van der Waals surface area contributed by atoms with Crippen molar-refractivity contribution >= 4 is 12.0 Å². The number of ether oxygens (including phenoxy) is 1. The zero-order chi connectivity index (χ0) is 19.8. The molecule has 0 bridgehead atoms. The van der Waals surface area contributed by atoms with Gasteiger partial charge in [-0.1, -0.05) is 45.0 Å². The minimum Gasteiger partial charge on any atom is -0.453 e. The molecule has 27 heavy (non-hydrogen) atoms. The number of carbonyl (C=O) groups is 2. The number of nitrogens with one attached hydrogen (secondary N) is 1. The van der Waals surface area contributed by atoms with Crippen LogP contribution < -0.4 is 5.32 Å². The van der Waals surface area contributed by atoms with E-state index in [1.165, 1.54) is 18.2 Å². The highest BCUT2D eigenvalue weighted by molar-refractivity contribution is 5.80. The smallest absolute Gasteiger partial charge is 0.407 e. The van der Waals surface area contributed by atoms with Crippen LogP contribution >= 0.6 is 0 Å². The molecule has 0 aliphatic heterocycles. The molecule has 1 aromatic rings. The molecule has 5 nitrogen and oxygen atoms in total. The Labute approximate surface area is 162 Å². The van der Waals surface area contributed by atoms with Crippen molar-refractivity contribution in [3.05, 3.63) is 35.4 Å². The van der Waals surface area contributed by atoms with Crippen LogP contribution in [0.4, 0.5) is 4.79 Å². The van der Waals surface area contributed by atoms with E-state index in [1.54, 1.807) is 0 Å². The fraction of sp³-hybridized carbons (Fsp3) is 0.636. The van der Waals surface area contributed by atoms with Crippen LogP contribution in [0.2, 0.25) is 0 Å². The van der Waals surface area contributed by atoms with Gasteiger partial charge < -0.3 is 15.0 Å². The van der Waals surface area contributed by atoms with Gasteiger partial charge in [-0.25, -0.2) is 4.79 Å². The summed E-state index contributed by atoms with van der Waals surface area (Å²) in [6, 6.07) is 9.29. The second-order valence-corrected chi connectivity index (χ2v) is 9.15. The molecule has 2 aliphatic rings. The first-order valence-corrected chi connectivity index (χ1v) is 9.90. The van der Waals surface area contributed by atoms with E-state index in [2.05, 4.69) is 55.1 Å². The van der Waals surface area contributed by atoms with Crippen LogP contribution in [0, 0.1) is 5.92 Å². The Morgan fingerprint density at radius 3 is 2.41 bits per heavy atom. The van der Waals surface area contributed by atoms with Crippen molar-refractivity contribution < 1.29 is 14.3 Å². The zero-order valence-corrected chi connectivity index (χ0v) is 17.1. The summed E-state index contributed by atoms with van der Waals surface area (Å²) in [6.07, 6.45) is 3.07. The Kier molecular flexibility index (Phi) is 5.50. The maximum absolute atomic E-state index is 12.7. The Balaban J connectivity index is 1.48. The largest absolute Gasteiger partial charge is 0.453 e. The lowest BCUT2D eigenvalue weighted by Gasteiger charge is -2.45. The summed E-state index contributed by atoms with van der Waals surface area (Å²) in [5.74, 6) is 0.785. The van der Waals surface area contributed by atoms with Crippen molar-refractivity contribution in [3.8, 4) is 0 Å². The fourth-order valence-electron chi connectivity index (χ4n) is 4.07. The van der Waals surface area contributed by atoms with Gasteiger partial charge in [0.15, 0.2) is 0 Å². The normalized spacial score (nSPS) is 27.1. The summed E-state index contributed by atoms with van der Waals surface area (Å²) in [6.45, 7) is 6.72. The predicted octanol–water partition coefficient (Wildman–Crippen LogP) is 3.82. The third-order valence-corrected chi connectivity index (χ3v) is 6.23. The minimum atomic E-state index is -0.418. The van der Waals surface area contributed by atoms with E-state index >= 15 is 0 Å². The average Bonchev–Trinajstić information content (AvgIpc) is 2.55. The van der Waals surface area contributed by atoms with E-state index in [9.17, 15) is 9.59 Å². The predicted molar refractivity (Wildman–Crippen MR) is 106 cm³/mol. The monoisotopic (exact) mass is 372 g/mol. The fourth-order valence-corrected chi connectivity index (χ4v) is 4.07. The number of nitrogens with zero attached hydrogens (tertiary/aromatic N) is 1.